The summed E-state index contributed by atoms with van der Waals surface area (Å²) in [7, 11) is -3.62. The maximum Gasteiger partial charge on any atom is 0.267 e. The van der Waals surface area contributed by atoms with Gasteiger partial charge in [-0.3, -0.25) is 0 Å². The van der Waals surface area contributed by atoms with Crippen molar-refractivity contribution in [2.24, 2.45) is 0 Å². The molecule has 1 fully saturated rings. The smallest absolute Gasteiger partial charge is 0.267 e. The number of fused-ring (bicyclic) bond motifs is 1. The predicted octanol–water partition coefficient (Wildman–Crippen LogP) is 3.47. The summed E-state index contributed by atoms with van der Waals surface area (Å²) in [5.74, 6) is 1.39. The van der Waals surface area contributed by atoms with Gasteiger partial charge in [0, 0.05) is 29.9 Å². The van der Waals surface area contributed by atoms with Crippen molar-refractivity contribution < 1.29 is 8.42 Å². The lowest BCUT2D eigenvalue weighted by molar-refractivity contribution is 0.371. The van der Waals surface area contributed by atoms with Crippen LogP contribution in [0.15, 0.2) is 66.0 Å². The van der Waals surface area contributed by atoms with E-state index in [1.807, 2.05) is 6.07 Å². The fourth-order valence-corrected chi connectivity index (χ4v) is 5.28. The van der Waals surface area contributed by atoms with E-state index in [4.69, 9.17) is 0 Å². The number of hydrogen-bond donors (Lipinski definition) is 2. The molecule has 5 rings (SSSR count). The van der Waals surface area contributed by atoms with Crippen molar-refractivity contribution in [2.75, 3.05) is 6.54 Å². The molecule has 154 valence electrons. The van der Waals surface area contributed by atoms with Gasteiger partial charge >= 0.3 is 0 Å². The first-order valence-corrected chi connectivity index (χ1v) is 11.5. The number of H-pyrrole nitrogens is 1. The number of rotatable bonds is 4. The van der Waals surface area contributed by atoms with Gasteiger partial charge in [-0.25, -0.2) is 22.4 Å². The molecule has 1 aromatic heterocycles. The molecular formula is C22H23N5O2S. The summed E-state index contributed by atoms with van der Waals surface area (Å²) in [6.45, 7) is 3.19. The first-order chi connectivity index (χ1) is 14.5. The Balaban J connectivity index is 1.46. The third-order valence-corrected chi connectivity index (χ3v) is 7.33. The van der Waals surface area contributed by atoms with E-state index in [1.54, 1.807) is 55.0 Å². The molecule has 3 aliphatic heterocycles. The number of aromatic nitrogens is 4. The van der Waals surface area contributed by atoms with Gasteiger partial charge in [0.1, 0.15) is 11.5 Å². The van der Waals surface area contributed by atoms with Crippen LogP contribution >= 0.6 is 0 Å². The second kappa shape index (κ2) is 7.37. The Bertz CT molecular complexity index is 1250. The minimum absolute atomic E-state index is 0.256. The summed E-state index contributed by atoms with van der Waals surface area (Å²) >= 11 is 0. The first kappa shape index (κ1) is 19.0. The standard InChI is InChI=1S/C22H23N5O2S/c1-15-11-16(7-9-23-15)22-24-13-21-20(26-22)12-19(25-21)17-8-10-27(14-17)30(28,29)18-5-3-2-4-6-18/h2-6,8,10,12-16,23H,7,9,11H2,1H3,(H,24,26). The lowest BCUT2D eigenvalue weighted by Crippen LogP contribution is -2.35. The lowest BCUT2D eigenvalue weighted by Gasteiger charge is -2.27. The van der Waals surface area contributed by atoms with Crippen LogP contribution in [-0.4, -0.2) is 39.9 Å². The molecule has 2 atom stereocenters. The van der Waals surface area contributed by atoms with Crippen molar-refractivity contribution in [3.63, 3.8) is 0 Å². The SMILES string of the molecule is CC1CC(c2ncc3nc(-c4ccn(S(=O)(=O)c5ccccc5)c4)cc-3[nH]2)CCN1. The minimum Gasteiger partial charge on any atom is -0.342 e. The molecule has 7 nitrogen and oxygen atoms in total. The van der Waals surface area contributed by atoms with E-state index >= 15 is 0 Å². The highest BCUT2D eigenvalue weighted by molar-refractivity contribution is 7.90. The Kier molecular flexibility index (Phi) is 4.67. The molecule has 3 aliphatic rings. The van der Waals surface area contributed by atoms with Crippen LogP contribution in [0.25, 0.3) is 22.6 Å². The Morgan fingerprint density at radius 2 is 1.97 bits per heavy atom. The van der Waals surface area contributed by atoms with Gasteiger partial charge in [-0.1, -0.05) is 18.2 Å². The van der Waals surface area contributed by atoms with Crippen molar-refractivity contribution in [1.29, 1.82) is 0 Å². The quantitative estimate of drug-likeness (QED) is 0.526. The van der Waals surface area contributed by atoms with E-state index in [2.05, 4.69) is 27.2 Å². The number of nitrogens with zero attached hydrogens (tertiary/aromatic N) is 3. The summed E-state index contributed by atoms with van der Waals surface area (Å²) in [4.78, 5) is 12.9. The fraction of sp³-hybridized carbons (Fsp3) is 0.273. The second-order valence-corrected chi connectivity index (χ2v) is 9.68. The molecule has 1 aromatic carbocycles. The zero-order valence-electron chi connectivity index (χ0n) is 16.6. The monoisotopic (exact) mass is 421 g/mol. The third kappa shape index (κ3) is 3.42. The maximum atomic E-state index is 12.8. The zero-order chi connectivity index (χ0) is 20.7. The first-order valence-electron chi connectivity index (χ1n) is 10.1. The molecule has 4 heterocycles. The molecule has 8 heteroatoms. The third-order valence-electron chi connectivity index (χ3n) is 5.68. The largest absolute Gasteiger partial charge is 0.342 e. The average molecular weight is 422 g/mol. The summed E-state index contributed by atoms with van der Waals surface area (Å²) in [5, 5.41) is 3.47. The van der Waals surface area contributed by atoms with Crippen LogP contribution in [0, 0.1) is 0 Å². The van der Waals surface area contributed by atoms with E-state index in [0.717, 1.165) is 47.9 Å². The highest BCUT2D eigenvalue weighted by Gasteiger charge is 2.23. The van der Waals surface area contributed by atoms with Crippen molar-refractivity contribution in [3.05, 3.63) is 66.9 Å². The lowest BCUT2D eigenvalue weighted by atomic mass is 9.92. The number of nitrogens with one attached hydrogen (secondary N) is 2. The van der Waals surface area contributed by atoms with Crippen molar-refractivity contribution >= 4 is 10.0 Å². The normalized spacial score (nSPS) is 19.9. The Morgan fingerprint density at radius 1 is 1.13 bits per heavy atom. The molecule has 30 heavy (non-hydrogen) atoms. The number of hydrogen-bond acceptors (Lipinski definition) is 5. The zero-order valence-corrected chi connectivity index (χ0v) is 17.4. The van der Waals surface area contributed by atoms with Gasteiger partial charge in [0.05, 0.1) is 22.5 Å². The molecule has 2 N–H and O–H groups in total. The van der Waals surface area contributed by atoms with Crippen LogP contribution in [-0.2, 0) is 10.0 Å². The van der Waals surface area contributed by atoms with E-state index in [1.165, 1.54) is 3.97 Å². The summed E-state index contributed by atoms with van der Waals surface area (Å²) in [6, 6.07) is 12.6. The van der Waals surface area contributed by atoms with Gasteiger partial charge < -0.3 is 10.3 Å². The van der Waals surface area contributed by atoms with E-state index in [-0.39, 0.29) is 4.90 Å². The van der Waals surface area contributed by atoms with E-state index < -0.39 is 10.0 Å². The highest BCUT2D eigenvalue weighted by atomic mass is 32.2. The van der Waals surface area contributed by atoms with Crippen LogP contribution in [0.4, 0.5) is 0 Å². The molecule has 1 saturated heterocycles. The molecule has 2 unspecified atom stereocenters. The van der Waals surface area contributed by atoms with Gasteiger partial charge in [0.25, 0.3) is 10.0 Å². The van der Waals surface area contributed by atoms with Crippen LogP contribution in [0.2, 0.25) is 0 Å². The topological polar surface area (TPSA) is 92.7 Å². The molecule has 0 spiro atoms. The molecule has 0 amide bonds. The van der Waals surface area contributed by atoms with Crippen molar-refractivity contribution in [1.82, 2.24) is 24.2 Å². The van der Waals surface area contributed by atoms with E-state index in [0.29, 0.717) is 12.0 Å². The van der Waals surface area contributed by atoms with Gasteiger partial charge in [0.2, 0.25) is 0 Å². The van der Waals surface area contributed by atoms with Crippen molar-refractivity contribution in [2.45, 2.75) is 36.6 Å². The number of piperidine rings is 1. The Labute approximate surface area is 175 Å². The minimum atomic E-state index is -3.62. The molecule has 0 bridgehead atoms. The number of aromatic amines is 1. The summed E-state index contributed by atoms with van der Waals surface area (Å²) < 4.78 is 26.9. The molecule has 0 saturated carbocycles. The molecule has 0 aliphatic carbocycles. The summed E-state index contributed by atoms with van der Waals surface area (Å²) in [6.07, 6.45) is 7.07. The van der Waals surface area contributed by atoms with Crippen molar-refractivity contribution in [3.8, 4) is 22.6 Å². The predicted molar refractivity (Wildman–Crippen MR) is 115 cm³/mol. The van der Waals surface area contributed by atoms with Gasteiger partial charge in [-0.05, 0) is 50.6 Å². The maximum absolute atomic E-state index is 12.8. The van der Waals surface area contributed by atoms with Crippen LogP contribution in [0.5, 0.6) is 0 Å². The highest BCUT2D eigenvalue weighted by Crippen LogP contribution is 2.31. The average Bonchev–Trinajstić information content (AvgIpc) is 3.41. The van der Waals surface area contributed by atoms with Gasteiger partial charge in [-0.2, -0.15) is 0 Å². The fourth-order valence-electron chi connectivity index (χ4n) is 4.06. The second-order valence-electron chi connectivity index (χ2n) is 7.83. The Hall–Kier alpha value is -2.97. The molecule has 2 aromatic rings. The van der Waals surface area contributed by atoms with Crippen LogP contribution < -0.4 is 5.32 Å². The van der Waals surface area contributed by atoms with Gasteiger partial charge in [0.15, 0.2) is 0 Å². The Morgan fingerprint density at radius 3 is 2.77 bits per heavy atom. The number of benzene rings is 1. The van der Waals surface area contributed by atoms with E-state index in [9.17, 15) is 8.42 Å². The molecule has 0 radical (unpaired) electrons. The summed E-state index contributed by atoms with van der Waals surface area (Å²) in [5.41, 5.74) is 3.16. The van der Waals surface area contributed by atoms with Crippen LogP contribution in [0.1, 0.15) is 31.5 Å². The van der Waals surface area contributed by atoms with Crippen LogP contribution in [0.3, 0.4) is 0 Å². The molecular weight excluding hydrogens is 398 g/mol. The van der Waals surface area contributed by atoms with Gasteiger partial charge in [-0.15, -0.1) is 0 Å².